The molecule has 2 unspecified atom stereocenters. The van der Waals surface area contributed by atoms with Crippen LogP contribution in [0.4, 0.5) is 0 Å². The molecule has 20 heavy (non-hydrogen) atoms. The van der Waals surface area contributed by atoms with Crippen molar-refractivity contribution >= 4 is 0 Å². The molecule has 1 aliphatic rings. The zero-order valence-electron chi connectivity index (χ0n) is 12.2. The number of methoxy groups -OCH3 is 1. The molecule has 0 saturated carbocycles. The fraction of sp³-hybridized carbons (Fsp3) is 0.562. The van der Waals surface area contributed by atoms with Crippen LogP contribution in [0.1, 0.15) is 30.9 Å². The van der Waals surface area contributed by atoms with Gasteiger partial charge >= 0.3 is 0 Å². The molecule has 2 rings (SSSR count). The highest BCUT2D eigenvalue weighted by molar-refractivity contribution is 5.45. The molecule has 1 saturated heterocycles. The van der Waals surface area contributed by atoms with Crippen LogP contribution in [-0.4, -0.2) is 36.3 Å². The lowest BCUT2D eigenvalue weighted by Gasteiger charge is -2.35. The molecular weight excluding hydrogens is 252 g/mol. The Hall–Kier alpha value is -1.57. The van der Waals surface area contributed by atoms with Gasteiger partial charge in [-0.15, -0.1) is 0 Å². The fourth-order valence-corrected chi connectivity index (χ4v) is 2.82. The summed E-state index contributed by atoms with van der Waals surface area (Å²) in [4.78, 5) is 2.36. The molecule has 1 aromatic carbocycles. The van der Waals surface area contributed by atoms with Crippen LogP contribution in [0.3, 0.4) is 0 Å². The SMILES string of the molecule is CCC1CN(Cc2ccc(C#N)c(OC)c2)CCC1O. The monoisotopic (exact) mass is 274 g/mol. The maximum Gasteiger partial charge on any atom is 0.136 e. The van der Waals surface area contributed by atoms with E-state index < -0.39 is 0 Å². The van der Waals surface area contributed by atoms with Crippen molar-refractivity contribution in [3.05, 3.63) is 29.3 Å². The molecule has 4 nitrogen and oxygen atoms in total. The summed E-state index contributed by atoms with van der Waals surface area (Å²) in [6.07, 6.45) is 1.69. The van der Waals surface area contributed by atoms with E-state index in [0.717, 1.165) is 38.0 Å². The maximum atomic E-state index is 9.92. The third-order valence-electron chi connectivity index (χ3n) is 4.09. The number of hydrogen-bond acceptors (Lipinski definition) is 4. The number of likely N-dealkylation sites (tertiary alicyclic amines) is 1. The second kappa shape index (κ2) is 6.74. The van der Waals surface area contributed by atoms with Crippen LogP contribution in [-0.2, 0) is 6.54 Å². The van der Waals surface area contributed by atoms with E-state index in [0.29, 0.717) is 17.2 Å². The zero-order valence-corrected chi connectivity index (χ0v) is 12.2. The summed E-state index contributed by atoms with van der Waals surface area (Å²) in [5.41, 5.74) is 1.71. The largest absolute Gasteiger partial charge is 0.495 e. The van der Waals surface area contributed by atoms with Crippen LogP contribution in [0.15, 0.2) is 18.2 Å². The number of hydrogen-bond donors (Lipinski definition) is 1. The van der Waals surface area contributed by atoms with Crippen molar-refractivity contribution < 1.29 is 9.84 Å². The summed E-state index contributed by atoms with van der Waals surface area (Å²) in [7, 11) is 1.59. The van der Waals surface area contributed by atoms with Crippen molar-refractivity contribution in [3.63, 3.8) is 0 Å². The Morgan fingerprint density at radius 2 is 2.30 bits per heavy atom. The number of aliphatic hydroxyl groups is 1. The molecule has 1 N–H and O–H groups in total. The maximum absolute atomic E-state index is 9.92. The third kappa shape index (κ3) is 3.30. The summed E-state index contributed by atoms with van der Waals surface area (Å²) in [6.45, 7) is 4.81. The number of nitriles is 1. The fourth-order valence-electron chi connectivity index (χ4n) is 2.82. The Labute approximate surface area is 120 Å². The van der Waals surface area contributed by atoms with Gasteiger partial charge in [0.15, 0.2) is 0 Å². The lowest BCUT2D eigenvalue weighted by Crippen LogP contribution is -2.42. The second-order valence-corrected chi connectivity index (χ2v) is 5.41. The Bertz CT molecular complexity index is 496. The number of benzene rings is 1. The number of aliphatic hydroxyl groups excluding tert-OH is 1. The Balaban J connectivity index is 2.05. The van der Waals surface area contributed by atoms with Crippen molar-refractivity contribution in [2.24, 2.45) is 5.92 Å². The normalized spacial score (nSPS) is 23.3. The molecule has 4 heteroatoms. The van der Waals surface area contributed by atoms with Gasteiger partial charge in [-0.1, -0.05) is 13.0 Å². The first-order chi connectivity index (χ1) is 9.67. The Morgan fingerprint density at radius 3 is 2.95 bits per heavy atom. The molecule has 0 aromatic heterocycles. The first-order valence-corrected chi connectivity index (χ1v) is 7.15. The average Bonchev–Trinajstić information content (AvgIpc) is 2.49. The molecule has 1 heterocycles. The van der Waals surface area contributed by atoms with Crippen molar-refractivity contribution in [1.29, 1.82) is 5.26 Å². The van der Waals surface area contributed by atoms with E-state index in [1.165, 1.54) is 0 Å². The lowest BCUT2D eigenvalue weighted by molar-refractivity contribution is 0.0222. The van der Waals surface area contributed by atoms with Crippen molar-refractivity contribution in [1.82, 2.24) is 4.90 Å². The Kier molecular flexibility index (Phi) is 4.99. The summed E-state index contributed by atoms with van der Waals surface area (Å²) in [5, 5.41) is 18.9. The molecule has 1 aliphatic heterocycles. The third-order valence-corrected chi connectivity index (χ3v) is 4.09. The molecule has 0 radical (unpaired) electrons. The summed E-state index contributed by atoms with van der Waals surface area (Å²) in [5.74, 6) is 0.998. The minimum absolute atomic E-state index is 0.160. The van der Waals surface area contributed by atoms with Crippen LogP contribution >= 0.6 is 0 Å². The van der Waals surface area contributed by atoms with E-state index in [1.54, 1.807) is 7.11 Å². The summed E-state index contributed by atoms with van der Waals surface area (Å²) in [6, 6.07) is 7.85. The molecule has 2 atom stereocenters. The zero-order chi connectivity index (χ0) is 14.5. The van der Waals surface area contributed by atoms with E-state index in [2.05, 4.69) is 17.9 Å². The van der Waals surface area contributed by atoms with Gasteiger partial charge in [-0.3, -0.25) is 4.90 Å². The van der Waals surface area contributed by atoms with Crippen LogP contribution in [0.2, 0.25) is 0 Å². The van der Waals surface area contributed by atoms with Gasteiger partial charge in [-0.25, -0.2) is 0 Å². The summed E-state index contributed by atoms with van der Waals surface area (Å²) < 4.78 is 5.24. The second-order valence-electron chi connectivity index (χ2n) is 5.41. The van der Waals surface area contributed by atoms with E-state index >= 15 is 0 Å². The van der Waals surface area contributed by atoms with Gasteiger partial charge in [0.05, 0.1) is 18.8 Å². The molecule has 0 aliphatic carbocycles. The minimum atomic E-state index is -0.160. The Morgan fingerprint density at radius 1 is 1.50 bits per heavy atom. The number of nitrogens with zero attached hydrogens (tertiary/aromatic N) is 2. The van der Waals surface area contributed by atoms with Crippen molar-refractivity contribution in [2.75, 3.05) is 20.2 Å². The molecule has 0 bridgehead atoms. The lowest BCUT2D eigenvalue weighted by atomic mass is 9.92. The van der Waals surface area contributed by atoms with Gasteiger partial charge in [0.1, 0.15) is 11.8 Å². The van der Waals surface area contributed by atoms with Gasteiger partial charge in [0, 0.05) is 19.6 Å². The molecule has 108 valence electrons. The highest BCUT2D eigenvalue weighted by Gasteiger charge is 2.26. The van der Waals surface area contributed by atoms with Gasteiger partial charge in [-0.2, -0.15) is 5.26 Å². The van der Waals surface area contributed by atoms with Crippen LogP contribution in [0.5, 0.6) is 5.75 Å². The van der Waals surface area contributed by atoms with Crippen molar-refractivity contribution in [3.8, 4) is 11.8 Å². The smallest absolute Gasteiger partial charge is 0.136 e. The van der Waals surface area contributed by atoms with Crippen molar-refractivity contribution in [2.45, 2.75) is 32.4 Å². The first-order valence-electron chi connectivity index (χ1n) is 7.15. The highest BCUT2D eigenvalue weighted by atomic mass is 16.5. The van der Waals surface area contributed by atoms with E-state index in [-0.39, 0.29) is 6.10 Å². The number of rotatable bonds is 4. The van der Waals surface area contributed by atoms with E-state index in [9.17, 15) is 5.11 Å². The van der Waals surface area contributed by atoms with Crippen LogP contribution in [0.25, 0.3) is 0 Å². The first kappa shape index (κ1) is 14.8. The standard InChI is InChI=1S/C16H22N2O2/c1-3-13-11-18(7-6-15(13)19)10-12-4-5-14(9-17)16(8-12)20-2/h4-5,8,13,15,19H,3,6-7,10-11H2,1-2H3. The van der Waals surface area contributed by atoms with Gasteiger partial charge in [0.2, 0.25) is 0 Å². The minimum Gasteiger partial charge on any atom is -0.495 e. The highest BCUT2D eigenvalue weighted by Crippen LogP contribution is 2.24. The quantitative estimate of drug-likeness (QED) is 0.914. The number of ether oxygens (including phenoxy) is 1. The predicted molar refractivity (Wildman–Crippen MR) is 77.4 cm³/mol. The topological polar surface area (TPSA) is 56.5 Å². The average molecular weight is 274 g/mol. The van der Waals surface area contributed by atoms with Crippen LogP contribution in [0, 0.1) is 17.2 Å². The predicted octanol–water partition coefficient (Wildman–Crippen LogP) is 2.16. The molecule has 1 fully saturated rings. The summed E-state index contributed by atoms with van der Waals surface area (Å²) >= 11 is 0. The van der Waals surface area contributed by atoms with Gasteiger partial charge < -0.3 is 9.84 Å². The molecule has 0 spiro atoms. The molecular formula is C16H22N2O2. The van der Waals surface area contributed by atoms with Gasteiger partial charge in [-0.05, 0) is 36.5 Å². The van der Waals surface area contributed by atoms with Gasteiger partial charge in [0.25, 0.3) is 0 Å². The van der Waals surface area contributed by atoms with Crippen LogP contribution < -0.4 is 4.74 Å². The molecule has 1 aromatic rings. The molecule has 0 amide bonds. The number of piperidine rings is 1. The van der Waals surface area contributed by atoms with E-state index in [1.807, 2.05) is 18.2 Å². The van der Waals surface area contributed by atoms with E-state index in [4.69, 9.17) is 10.00 Å².